The maximum atomic E-state index is 12.1. The van der Waals surface area contributed by atoms with Crippen molar-refractivity contribution < 1.29 is 9.59 Å². The summed E-state index contributed by atoms with van der Waals surface area (Å²) in [6, 6.07) is 7.99. The van der Waals surface area contributed by atoms with Gasteiger partial charge >= 0.3 is 0 Å². The highest BCUT2D eigenvalue weighted by Crippen LogP contribution is 2.23. The van der Waals surface area contributed by atoms with E-state index in [1.54, 1.807) is 11.3 Å². The van der Waals surface area contributed by atoms with Crippen molar-refractivity contribution in [2.24, 2.45) is 0 Å². The molecule has 0 radical (unpaired) electrons. The van der Waals surface area contributed by atoms with Gasteiger partial charge in [0.05, 0.1) is 13.1 Å². The number of para-hydroxylation sites is 1. The number of carbonyl (C=O) groups excluding carboxylic acids is 2. The van der Waals surface area contributed by atoms with E-state index < -0.39 is 0 Å². The molecule has 3 rings (SSSR count). The summed E-state index contributed by atoms with van der Waals surface area (Å²) in [5.74, 6) is -0.320. The fraction of sp³-hybridized carbons (Fsp3) is 0.368. The average molecular weight is 357 g/mol. The van der Waals surface area contributed by atoms with E-state index in [1.807, 2.05) is 32.0 Å². The maximum Gasteiger partial charge on any atom is 0.243 e. The number of aryl methyl sites for hydroxylation is 2. The van der Waals surface area contributed by atoms with Gasteiger partial charge in [0.25, 0.3) is 0 Å². The summed E-state index contributed by atoms with van der Waals surface area (Å²) in [6.07, 6.45) is 0.993. The zero-order chi connectivity index (χ0) is 17.8. The van der Waals surface area contributed by atoms with Crippen LogP contribution in [0.25, 0.3) is 0 Å². The molecule has 0 aliphatic carbocycles. The van der Waals surface area contributed by atoms with E-state index in [-0.39, 0.29) is 18.4 Å². The van der Waals surface area contributed by atoms with Crippen molar-refractivity contribution in [2.45, 2.75) is 26.8 Å². The molecule has 0 bridgehead atoms. The number of anilines is 1. The van der Waals surface area contributed by atoms with Crippen LogP contribution in [0.4, 0.5) is 5.69 Å². The molecule has 5 nitrogen and oxygen atoms in total. The maximum absolute atomic E-state index is 12.1. The lowest BCUT2D eigenvalue weighted by molar-refractivity contribution is -0.125. The summed E-state index contributed by atoms with van der Waals surface area (Å²) in [5.41, 5.74) is 4.17. The fourth-order valence-corrected chi connectivity index (χ4v) is 3.96. The number of benzene rings is 1. The third-order valence-corrected chi connectivity index (χ3v) is 5.47. The number of thiophene rings is 1. The summed E-state index contributed by atoms with van der Waals surface area (Å²) in [4.78, 5) is 27.8. The van der Waals surface area contributed by atoms with Crippen molar-refractivity contribution in [3.05, 3.63) is 51.2 Å². The van der Waals surface area contributed by atoms with Crippen molar-refractivity contribution in [1.82, 2.24) is 10.2 Å². The summed E-state index contributed by atoms with van der Waals surface area (Å²) >= 11 is 1.78. The first-order valence-electron chi connectivity index (χ1n) is 8.43. The highest BCUT2D eigenvalue weighted by molar-refractivity contribution is 7.10. The molecule has 132 valence electrons. The van der Waals surface area contributed by atoms with Gasteiger partial charge < -0.3 is 10.6 Å². The minimum absolute atomic E-state index is 0.00977. The molecule has 0 atom stereocenters. The van der Waals surface area contributed by atoms with Crippen LogP contribution in [0.15, 0.2) is 29.6 Å². The summed E-state index contributed by atoms with van der Waals surface area (Å²) in [5, 5.41) is 7.70. The highest BCUT2D eigenvalue weighted by Gasteiger charge is 2.19. The van der Waals surface area contributed by atoms with Gasteiger partial charge in [0.15, 0.2) is 0 Å². The van der Waals surface area contributed by atoms with Crippen molar-refractivity contribution in [2.75, 3.05) is 25.0 Å². The van der Waals surface area contributed by atoms with Crippen LogP contribution < -0.4 is 10.6 Å². The lowest BCUT2D eigenvalue weighted by Gasteiger charge is -2.26. The number of rotatable bonds is 5. The van der Waals surface area contributed by atoms with E-state index in [1.165, 1.54) is 10.4 Å². The molecule has 2 N–H and O–H groups in total. The van der Waals surface area contributed by atoms with Gasteiger partial charge in [0.1, 0.15) is 0 Å². The number of fused-ring (bicyclic) bond motifs is 1. The topological polar surface area (TPSA) is 61.4 Å². The minimum Gasteiger partial charge on any atom is -0.346 e. The van der Waals surface area contributed by atoms with Crippen molar-refractivity contribution >= 4 is 28.8 Å². The highest BCUT2D eigenvalue weighted by atomic mass is 32.1. The SMILES string of the molecule is Cc1cccc(C)c1NC(=O)CNC(=O)CN1CCc2sccc2C1. The molecule has 0 saturated heterocycles. The molecule has 0 spiro atoms. The summed E-state index contributed by atoms with van der Waals surface area (Å²) in [7, 11) is 0. The molecular formula is C19H23N3O2S. The van der Waals surface area contributed by atoms with E-state index in [2.05, 4.69) is 27.0 Å². The summed E-state index contributed by atoms with van der Waals surface area (Å²) < 4.78 is 0. The number of nitrogens with one attached hydrogen (secondary N) is 2. The average Bonchev–Trinajstić information content (AvgIpc) is 3.04. The Morgan fingerprint density at radius 3 is 2.68 bits per heavy atom. The smallest absolute Gasteiger partial charge is 0.243 e. The third-order valence-electron chi connectivity index (χ3n) is 4.45. The predicted octanol–water partition coefficient (Wildman–Crippen LogP) is 2.48. The molecule has 2 heterocycles. The lowest BCUT2D eigenvalue weighted by Crippen LogP contribution is -2.42. The molecule has 2 amide bonds. The summed E-state index contributed by atoms with van der Waals surface area (Å²) in [6.45, 7) is 5.92. The van der Waals surface area contributed by atoms with Crippen molar-refractivity contribution in [3.8, 4) is 0 Å². The Balaban J connectivity index is 1.45. The lowest BCUT2D eigenvalue weighted by atomic mass is 10.1. The number of nitrogens with zero attached hydrogens (tertiary/aromatic N) is 1. The Hall–Kier alpha value is -2.18. The molecule has 0 unspecified atom stereocenters. The first kappa shape index (κ1) is 17.6. The van der Waals surface area contributed by atoms with E-state index in [9.17, 15) is 9.59 Å². The molecule has 1 aliphatic heterocycles. The van der Waals surface area contributed by atoms with Gasteiger partial charge in [-0.3, -0.25) is 14.5 Å². The van der Waals surface area contributed by atoms with Gasteiger partial charge in [-0.2, -0.15) is 0 Å². The zero-order valence-electron chi connectivity index (χ0n) is 14.6. The molecular weight excluding hydrogens is 334 g/mol. The standard InChI is InChI=1S/C19H23N3O2S/c1-13-4-3-5-14(2)19(13)21-17(23)10-20-18(24)12-22-8-6-16-15(11-22)7-9-25-16/h3-5,7,9H,6,8,10-12H2,1-2H3,(H,20,24)(H,21,23). The van der Waals surface area contributed by atoms with Gasteiger partial charge in [-0.15, -0.1) is 11.3 Å². The second-order valence-electron chi connectivity index (χ2n) is 6.42. The first-order chi connectivity index (χ1) is 12.0. The largest absolute Gasteiger partial charge is 0.346 e. The van der Waals surface area contributed by atoms with Crippen LogP contribution in [-0.4, -0.2) is 36.3 Å². The minimum atomic E-state index is -0.204. The number of amides is 2. The monoisotopic (exact) mass is 357 g/mol. The molecule has 1 aliphatic rings. The van der Waals surface area contributed by atoms with Crippen LogP contribution in [0.2, 0.25) is 0 Å². The Morgan fingerprint density at radius 1 is 1.16 bits per heavy atom. The zero-order valence-corrected chi connectivity index (χ0v) is 15.4. The molecule has 6 heteroatoms. The van der Waals surface area contributed by atoms with Gasteiger partial charge in [-0.1, -0.05) is 18.2 Å². The van der Waals surface area contributed by atoms with Gasteiger partial charge in [0.2, 0.25) is 11.8 Å². The normalized spacial score (nSPS) is 14.0. The molecule has 25 heavy (non-hydrogen) atoms. The van der Waals surface area contributed by atoms with Crippen LogP contribution in [0.1, 0.15) is 21.6 Å². The van der Waals surface area contributed by atoms with Crippen molar-refractivity contribution in [1.29, 1.82) is 0 Å². The second kappa shape index (κ2) is 7.80. The quantitative estimate of drug-likeness (QED) is 0.864. The Kier molecular flexibility index (Phi) is 5.50. The number of hydrogen-bond donors (Lipinski definition) is 2. The fourth-order valence-electron chi connectivity index (χ4n) is 3.07. The Bertz CT molecular complexity index is 764. The Labute approximate surface area is 152 Å². The predicted molar refractivity (Wildman–Crippen MR) is 101 cm³/mol. The van der Waals surface area contributed by atoms with Crippen LogP contribution in [0.5, 0.6) is 0 Å². The van der Waals surface area contributed by atoms with Gasteiger partial charge in [-0.05, 0) is 48.4 Å². The molecule has 1 aromatic carbocycles. The van der Waals surface area contributed by atoms with Gasteiger partial charge in [-0.25, -0.2) is 0 Å². The second-order valence-corrected chi connectivity index (χ2v) is 7.42. The first-order valence-corrected chi connectivity index (χ1v) is 9.31. The van der Waals surface area contributed by atoms with Crippen LogP contribution in [-0.2, 0) is 22.6 Å². The van der Waals surface area contributed by atoms with E-state index in [4.69, 9.17) is 0 Å². The van der Waals surface area contributed by atoms with E-state index in [0.717, 1.165) is 36.3 Å². The van der Waals surface area contributed by atoms with Crippen molar-refractivity contribution in [3.63, 3.8) is 0 Å². The number of hydrogen-bond acceptors (Lipinski definition) is 4. The van der Waals surface area contributed by atoms with Crippen LogP contribution >= 0.6 is 11.3 Å². The Morgan fingerprint density at radius 2 is 1.92 bits per heavy atom. The third kappa shape index (κ3) is 4.46. The molecule has 0 fully saturated rings. The molecule has 2 aromatic rings. The molecule has 1 aromatic heterocycles. The van der Waals surface area contributed by atoms with Crippen LogP contribution in [0, 0.1) is 13.8 Å². The van der Waals surface area contributed by atoms with E-state index >= 15 is 0 Å². The van der Waals surface area contributed by atoms with Gasteiger partial charge in [0, 0.05) is 23.7 Å². The molecule has 0 saturated carbocycles. The number of carbonyl (C=O) groups is 2. The van der Waals surface area contributed by atoms with Crippen LogP contribution in [0.3, 0.4) is 0 Å². The van der Waals surface area contributed by atoms with E-state index in [0.29, 0.717) is 6.54 Å².